The molecule has 0 saturated heterocycles. The van der Waals surface area contributed by atoms with Gasteiger partial charge in [-0.05, 0) is 22.9 Å². The smallest absolute Gasteiger partial charge is 0.177 e. The summed E-state index contributed by atoms with van der Waals surface area (Å²) >= 11 is 3.33. The molecular weight excluding hydrogens is 208 g/mol. The molecule has 0 aromatic carbocycles. The summed E-state index contributed by atoms with van der Waals surface area (Å²) in [5, 5.41) is 0. The maximum absolute atomic E-state index is 5.01. The standard InChI is InChI=1S/C7H11BrN2O/c1-6(5-11-2)10-4-3-9-7(10)8/h3-4,6H,5H2,1-2H3/t6-/m1/s1. The van der Waals surface area contributed by atoms with Crippen molar-refractivity contribution in [3.63, 3.8) is 0 Å². The molecule has 0 saturated carbocycles. The second kappa shape index (κ2) is 3.88. The molecule has 62 valence electrons. The molecule has 0 aliphatic carbocycles. The number of ether oxygens (including phenoxy) is 1. The molecule has 1 rings (SSSR count). The van der Waals surface area contributed by atoms with Crippen LogP contribution in [-0.4, -0.2) is 23.3 Å². The molecule has 0 unspecified atom stereocenters. The van der Waals surface area contributed by atoms with E-state index in [0.29, 0.717) is 12.6 Å². The number of hydrogen-bond acceptors (Lipinski definition) is 2. The molecule has 0 amide bonds. The van der Waals surface area contributed by atoms with Crippen LogP contribution in [0.1, 0.15) is 13.0 Å². The zero-order valence-corrected chi connectivity index (χ0v) is 8.21. The summed E-state index contributed by atoms with van der Waals surface area (Å²) in [5.41, 5.74) is 0. The largest absolute Gasteiger partial charge is 0.383 e. The van der Waals surface area contributed by atoms with E-state index in [0.717, 1.165) is 4.73 Å². The lowest BCUT2D eigenvalue weighted by molar-refractivity contribution is 0.161. The van der Waals surface area contributed by atoms with Crippen molar-refractivity contribution in [1.82, 2.24) is 9.55 Å². The molecule has 0 spiro atoms. The van der Waals surface area contributed by atoms with Gasteiger partial charge in [0.05, 0.1) is 12.6 Å². The predicted molar refractivity (Wildman–Crippen MR) is 46.5 cm³/mol. The Kier molecular flexibility index (Phi) is 3.08. The van der Waals surface area contributed by atoms with E-state index in [4.69, 9.17) is 4.74 Å². The summed E-state index contributed by atoms with van der Waals surface area (Å²) in [4.78, 5) is 4.04. The van der Waals surface area contributed by atoms with E-state index in [1.54, 1.807) is 13.3 Å². The molecule has 1 aromatic heterocycles. The van der Waals surface area contributed by atoms with Gasteiger partial charge >= 0.3 is 0 Å². The first-order chi connectivity index (χ1) is 5.25. The van der Waals surface area contributed by atoms with Crippen molar-refractivity contribution < 1.29 is 4.74 Å². The molecule has 1 atom stereocenters. The van der Waals surface area contributed by atoms with E-state index < -0.39 is 0 Å². The van der Waals surface area contributed by atoms with Crippen LogP contribution in [0.2, 0.25) is 0 Å². The Hall–Kier alpha value is -0.350. The van der Waals surface area contributed by atoms with Gasteiger partial charge in [0.25, 0.3) is 0 Å². The predicted octanol–water partition coefficient (Wildman–Crippen LogP) is 1.85. The summed E-state index contributed by atoms with van der Waals surface area (Å²) in [7, 11) is 1.70. The fourth-order valence-corrected chi connectivity index (χ4v) is 1.53. The number of nitrogens with zero attached hydrogens (tertiary/aromatic N) is 2. The van der Waals surface area contributed by atoms with Crippen LogP contribution in [0, 0.1) is 0 Å². The first-order valence-corrected chi connectivity index (χ1v) is 4.22. The molecule has 0 aliphatic heterocycles. The van der Waals surface area contributed by atoms with Crippen molar-refractivity contribution in [2.24, 2.45) is 0 Å². The van der Waals surface area contributed by atoms with Gasteiger partial charge in [0.15, 0.2) is 4.73 Å². The van der Waals surface area contributed by atoms with Gasteiger partial charge in [0, 0.05) is 19.5 Å². The number of imidazole rings is 1. The number of aromatic nitrogens is 2. The zero-order valence-electron chi connectivity index (χ0n) is 6.62. The van der Waals surface area contributed by atoms with Crippen LogP contribution in [0.25, 0.3) is 0 Å². The third-order valence-corrected chi connectivity index (χ3v) is 2.12. The first kappa shape index (κ1) is 8.74. The van der Waals surface area contributed by atoms with Gasteiger partial charge in [-0.2, -0.15) is 0 Å². The van der Waals surface area contributed by atoms with E-state index in [1.807, 2.05) is 10.8 Å². The second-order valence-corrected chi connectivity index (χ2v) is 3.12. The normalized spacial score (nSPS) is 13.4. The monoisotopic (exact) mass is 218 g/mol. The quantitative estimate of drug-likeness (QED) is 0.775. The number of halogens is 1. The highest BCUT2D eigenvalue weighted by molar-refractivity contribution is 9.10. The van der Waals surface area contributed by atoms with Crippen molar-refractivity contribution in [3.8, 4) is 0 Å². The van der Waals surface area contributed by atoms with Gasteiger partial charge in [-0.15, -0.1) is 0 Å². The van der Waals surface area contributed by atoms with E-state index in [1.165, 1.54) is 0 Å². The number of rotatable bonds is 3. The summed E-state index contributed by atoms with van der Waals surface area (Å²) < 4.78 is 7.88. The van der Waals surface area contributed by atoms with Crippen LogP contribution < -0.4 is 0 Å². The minimum Gasteiger partial charge on any atom is -0.383 e. The van der Waals surface area contributed by atoms with Crippen molar-refractivity contribution in [3.05, 3.63) is 17.1 Å². The highest BCUT2D eigenvalue weighted by Gasteiger charge is 2.06. The lowest BCUT2D eigenvalue weighted by Crippen LogP contribution is -2.10. The summed E-state index contributed by atoms with van der Waals surface area (Å²) in [6.07, 6.45) is 3.68. The Morgan fingerprint density at radius 2 is 2.55 bits per heavy atom. The van der Waals surface area contributed by atoms with Gasteiger partial charge in [-0.1, -0.05) is 0 Å². The van der Waals surface area contributed by atoms with Gasteiger partial charge in [-0.3, -0.25) is 0 Å². The zero-order chi connectivity index (χ0) is 8.27. The lowest BCUT2D eigenvalue weighted by Gasteiger charge is -2.12. The average molecular weight is 219 g/mol. The molecule has 3 nitrogen and oxygen atoms in total. The highest BCUT2D eigenvalue weighted by atomic mass is 79.9. The minimum absolute atomic E-state index is 0.330. The Balaban J connectivity index is 2.67. The Morgan fingerprint density at radius 3 is 3.00 bits per heavy atom. The van der Waals surface area contributed by atoms with Crippen molar-refractivity contribution in [2.45, 2.75) is 13.0 Å². The Bertz CT molecular complexity index is 224. The van der Waals surface area contributed by atoms with E-state index in [-0.39, 0.29) is 0 Å². The van der Waals surface area contributed by atoms with Crippen LogP contribution in [0.3, 0.4) is 0 Å². The molecular formula is C7H11BrN2O. The number of methoxy groups -OCH3 is 1. The van der Waals surface area contributed by atoms with Crippen molar-refractivity contribution in [1.29, 1.82) is 0 Å². The van der Waals surface area contributed by atoms with E-state index >= 15 is 0 Å². The van der Waals surface area contributed by atoms with Crippen LogP contribution in [-0.2, 0) is 4.74 Å². The maximum atomic E-state index is 5.01. The molecule has 11 heavy (non-hydrogen) atoms. The van der Waals surface area contributed by atoms with Crippen LogP contribution in [0.4, 0.5) is 0 Å². The van der Waals surface area contributed by atoms with E-state index in [9.17, 15) is 0 Å². The summed E-state index contributed by atoms with van der Waals surface area (Å²) in [6.45, 7) is 2.78. The van der Waals surface area contributed by atoms with Gasteiger partial charge < -0.3 is 9.30 Å². The van der Waals surface area contributed by atoms with Crippen LogP contribution in [0.15, 0.2) is 17.1 Å². The molecule has 0 bridgehead atoms. The van der Waals surface area contributed by atoms with E-state index in [2.05, 4.69) is 27.8 Å². The fraction of sp³-hybridized carbons (Fsp3) is 0.571. The molecule has 0 N–H and O–H groups in total. The Morgan fingerprint density at radius 1 is 1.82 bits per heavy atom. The number of hydrogen-bond donors (Lipinski definition) is 0. The highest BCUT2D eigenvalue weighted by Crippen LogP contribution is 2.13. The Labute approximate surface area is 74.5 Å². The van der Waals surface area contributed by atoms with Crippen molar-refractivity contribution in [2.75, 3.05) is 13.7 Å². The van der Waals surface area contributed by atoms with Gasteiger partial charge in [0.2, 0.25) is 0 Å². The molecule has 0 fully saturated rings. The van der Waals surface area contributed by atoms with Gasteiger partial charge in [0.1, 0.15) is 0 Å². The average Bonchev–Trinajstić information content (AvgIpc) is 2.36. The van der Waals surface area contributed by atoms with Gasteiger partial charge in [-0.25, -0.2) is 4.98 Å². The minimum atomic E-state index is 0.330. The first-order valence-electron chi connectivity index (χ1n) is 3.43. The molecule has 4 heteroatoms. The summed E-state index contributed by atoms with van der Waals surface area (Å²) in [5.74, 6) is 0. The molecule has 1 aromatic rings. The third kappa shape index (κ3) is 2.04. The fourth-order valence-electron chi connectivity index (χ4n) is 0.945. The SMILES string of the molecule is COC[C@@H](C)n1ccnc1Br. The second-order valence-electron chi connectivity index (χ2n) is 2.41. The van der Waals surface area contributed by atoms with Crippen molar-refractivity contribution >= 4 is 15.9 Å². The molecule has 0 aliphatic rings. The molecule has 1 heterocycles. The lowest BCUT2D eigenvalue weighted by atomic mass is 10.4. The topological polar surface area (TPSA) is 27.1 Å². The molecule has 0 radical (unpaired) electrons. The maximum Gasteiger partial charge on any atom is 0.177 e. The third-order valence-electron chi connectivity index (χ3n) is 1.50. The van der Waals surface area contributed by atoms with Crippen LogP contribution >= 0.6 is 15.9 Å². The summed E-state index contributed by atoms with van der Waals surface area (Å²) in [6, 6.07) is 0.330. The van der Waals surface area contributed by atoms with Crippen LogP contribution in [0.5, 0.6) is 0 Å².